The lowest BCUT2D eigenvalue weighted by atomic mass is 9.87. The maximum absolute atomic E-state index is 14.2. The third-order valence-corrected chi connectivity index (χ3v) is 8.33. The van der Waals surface area contributed by atoms with Crippen molar-refractivity contribution in [1.82, 2.24) is 0 Å². The van der Waals surface area contributed by atoms with Crippen LogP contribution in [0.2, 0.25) is 0 Å². The van der Waals surface area contributed by atoms with E-state index in [0.29, 0.717) is 18.4 Å². The Bertz CT molecular complexity index is 1560. The summed E-state index contributed by atoms with van der Waals surface area (Å²) in [5.74, 6) is -1.34. The normalized spacial score (nSPS) is 16.2. The van der Waals surface area contributed by atoms with Crippen LogP contribution in [0.25, 0.3) is 0 Å². The molecule has 0 saturated heterocycles. The second-order valence-electron chi connectivity index (χ2n) is 10.2. The van der Waals surface area contributed by atoms with Gasteiger partial charge in [-0.2, -0.15) is 13.2 Å². The van der Waals surface area contributed by atoms with E-state index in [0.717, 1.165) is 36.1 Å². The molecule has 0 heterocycles. The number of halogens is 4. The number of fused-ring (bicyclic) bond motifs is 1. The first-order valence-electron chi connectivity index (χ1n) is 13.2. The van der Waals surface area contributed by atoms with Crippen LogP contribution in [0.1, 0.15) is 41.1 Å². The number of Topliss-reactive ketones (excluding diaryl/α,β-unsaturated/α-hetero) is 1. The van der Waals surface area contributed by atoms with Crippen molar-refractivity contribution in [2.75, 3.05) is 31.9 Å². The molecule has 0 spiro atoms. The van der Waals surface area contributed by atoms with Gasteiger partial charge < -0.3 is 19.9 Å². The number of methoxy groups -OCH3 is 1. The number of benzene rings is 3. The first kappa shape index (κ1) is 31.3. The van der Waals surface area contributed by atoms with E-state index >= 15 is 0 Å². The van der Waals surface area contributed by atoms with Crippen molar-refractivity contribution in [2.24, 2.45) is 5.92 Å². The van der Waals surface area contributed by atoms with Crippen LogP contribution in [-0.4, -0.2) is 45.9 Å². The SMILES string of the molecule is COc1cc(NC(C(=O)C2CCc3ccc(C(F)(F)F)cc3CC2)c2ccc(F)cc2OCCO)cc(S(C)(=O)=O)c1. The van der Waals surface area contributed by atoms with Gasteiger partial charge in [0, 0.05) is 35.6 Å². The molecule has 0 aliphatic heterocycles. The predicted molar refractivity (Wildman–Crippen MR) is 148 cm³/mol. The van der Waals surface area contributed by atoms with Crippen LogP contribution >= 0.6 is 0 Å². The van der Waals surface area contributed by atoms with Crippen LogP contribution in [0, 0.1) is 11.7 Å². The van der Waals surface area contributed by atoms with Crippen molar-refractivity contribution in [1.29, 1.82) is 0 Å². The lowest BCUT2D eigenvalue weighted by Gasteiger charge is -2.26. The fourth-order valence-electron chi connectivity index (χ4n) is 5.09. The minimum absolute atomic E-state index is 0.00728. The lowest BCUT2D eigenvalue weighted by molar-refractivity contribution is -0.137. The first-order chi connectivity index (χ1) is 19.8. The highest BCUT2D eigenvalue weighted by Gasteiger charge is 2.34. The second kappa shape index (κ2) is 12.7. The minimum Gasteiger partial charge on any atom is -0.497 e. The van der Waals surface area contributed by atoms with Crippen molar-refractivity contribution in [3.05, 3.63) is 82.7 Å². The Morgan fingerprint density at radius 2 is 1.76 bits per heavy atom. The number of rotatable bonds is 10. The molecule has 0 fully saturated rings. The monoisotopic (exact) mass is 609 g/mol. The zero-order chi connectivity index (χ0) is 30.7. The number of aliphatic hydroxyl groups is 1. The van der Waals surface area contributed by atoms with Gasteiger partial charge in [-0.1, -0.05) is 6.07 Å². The maximum Gasteiger partial charge on any atom is 0.416 e. The number of hydrogen-bond donors (Lipinski definition) is 2. The van der Waals surface area contributed by atoms with Crippen LogP contribution < -0.4 is 14.8 Å². The third-order valence-electron chi connectivity index (χ3n) is 7.24. The van der Waals surface area contributed by atoms with Gasteiger partial charge >= 0.3 is 6.18 Å². The third kappa shape index (κ3) is 7.40. The maximum atomic E-state index is 14.2. The van der Waals surface area contributed by atoms with Crippen molar-refractivity contribution in [2.45, 2.75) is 42.8 Å². The summed E-state index contributed by atoms with van der Waals surface area (Å²) in [5, 5.41) is 12.4. The molecule has 1 aliphatic rings. The van der Waals surface area contributed by atoms with Crippen LogP contribution in [-0.2, 0) is 33.6 Å². The summed E-state index contributed by atoms with van der Waals surface area (Å²) in [6.07, 6.45) is -2.20. The fraction of sp³-hybridized carbons (Fsp3) is 0.367. The topological polar surface area (TPSA) is 102 Å². The smallest absolute Gasteiger partial charge is 0.416 e. The molecule has 0 radical (unpaired) electrons. The molecule has 0 saturated carbocycles. The van der Waals surface area contributed by atoms with E-state index in [1.165, 1.54) is 37.4 Å². The number of aryl methyl sites for hydroxylation is 2. The molecule has 2 N–H and O–H groups in total. The molecule has 3 aromatic carbocycles. The number of carbonyl (C=O) groups is 1. The van der Waals surface area contributed by atoms with Gasteiger partial charge in [-0.15, -0.1) is 0 Å². The molecule has 2 unspecified atom stereocenters. The molecule has 3 aromatic rings. The highest BCUT2D eigenvalue weighted by molar-refractivity contribution is 7.90. The van der Waals surface area contributed by atoms with Crippen LogP contribution in [0.4, 0.5) is 23.2 Å². The molecular formula is C30H31F4NO6S. The number of aliphatic hydroxyl groups excluding tert-OH is 1. The summed E-state index contributed by atoms with van der Waals surface area (Å²) in [4.78, 5) is 14.1. The highest BCUT2D eigenvalue weighted by Crippen LogP contribution is 2.38. The number of hydrogen-bond acceptors (Lipinski definition) is 7. The van der Waals surface area contributed by atoms with Gasteiger partial charge in [0.1, 0.15) is 30.0 Å². The zero-order valence-electron chi connectivity index (χ0n) is 23.0. The van der Waals surface area contributed by atoms with Gasteiger partial charge in [-0.25, -0.2) is 12.8 Å². The fourth-order valence-corrected chi connectivity index (χ4v) is 5.76. The summed E-state index contributed by atoms with van der Waals surface area (Å²) >= 11 is 0. The van der Waals surface area contributed by atoms with Gasteiger partial charge in [0.25, 0.3) is 0 Å². The van der Waals surface area contributed by atoms with Crippen LogP contribution in [0.15, 0.2) is 59.5 Å². The Balaban J connectivity index is 1.73. The molecule has 7 nitrogen and oxygen atoms in total. The first-order valence-corrected chi connectivity index (χ1v) is 15.1. The molecule has 1 aliphatic carbocycles. The number of nitrogens with one attached hydrogen (secondary N) is 1. The molecule has 42 heavy (non-hydrogen) atoms. The van der Waals surface area contributed by atoms with E-state index in [2.05, 4.69) is 5.32 Å². The molecule has 2 atom stereocenters. The molecule has 0 bridgehead atoms. The number of ketones is 1. The Labute approximate surface area is 241 Å². The van der Waals surface area contributed by atoms with Gasteiger partial charge in [0.05, 0.1) is 24.2 Å². The van der Waals surface area contributed by atoms with Gasteiger partial charge in [-0.3, -0.25) is 4.79 Å². The summed E-state index contributed by atoms with van der Waals surface area (Å²) < 4.78 is 89.6. The van der Waals surface area contributed by atoms with Crippen molar-refractivity contribution >= 4 is 21.3 Å². The van der Waals surface area contributed by atoms with E-state index in [9.17, 15) is 35.9 Å². The van der Waals surface area contributed by atoms with E-state index in [4.69, 9.17) is 9.47 Å². The predicted octanol–water partition coefficient (Wildman–Crippen LogP) is 5.55. The van der Waals surface area contributed by atoms with Crippen LogP contribution in [0.3, 0.4) is 0 Å². The largest absolute Gasteiger partial charge is 0.497 e. The van der Waals surface area contributed by atoms with Gasteiger partial charge in [-0.05, 0) is 73.2 Å². The van der Waals surface area contributed by atoms with Gasteiger partial charge in [0.15, 0.2) is 15.6 Å². The Morgan fingerprint density at radius 1 is 1.05 bits per heavy atom. The lowest BCUT2D eigenvalue weighted by Crippen LogP contribution is -2.29. The van der Waals surface area contributed by atoms with E-state index in [-0.39, 0.29) is 59.5 Å². The summed E-state index contributed by atoms with van der Waals surface area (Å²) in [6, 6.07) is 10.3. The molecular weight excluding hydrogens is 578 g/mol. The molecule has 4 rings (SSSR count). The summed E-state index contributed by atoms with van der Waals surface area (Å²) in [7, 11) is -2.30. The zero-order valence-corrected chi connectivity index (χ0v) is 23.8. The molecule has 12 heteroatoms. The molecule has 0 aromatic heterocycles. The number of ether oxygens (including phenoxy) is 2. The number of carbonyl (C=O) groups excluding carboxylic acids is 1. The second-order valence-corrected chi connectivity index (χ2v) is 12.2. The van der Waals surface area contributed by atoms with Crippen molar-refractivity contribution < 1.29 is 45.4 Å². The number of sulfone groups is 1. The van der Waals surface area contributed by atoms with Crippen LogP contribution in [0.5, 0.6) is 11.5 Å². The summed E-state index contributed by atoms with van der Waals surface area (Å²) in [5.41, 5.74) is 1.00. The van der Waals surface area contributed by atoms with Crippen molar-refractivity contribution in [3.63, 3.8) is 0 Å². The van der Waals surface area contributed by atoms with Gasteiger partial charge in [0.2, 0.25) is 0 Å². The summed E-state index contributed by atoms with van der Waals surface area (Å²) in [6.45, 7) is -0.536. The Hall–Kier alpha value is -3.64. The molecule has 226 valence electrons. The van der Waals surface area contributed by atoms with E-state index in [1.807, 2.05) is 0 Å². The molecule has 0 amide bonds. The highest BCUT2D eigenvalue weighted by atomic mass is 32.2. The van der Waals surface area contributed by atoms with E-state index in [1.54, 1.807) is 0 Å². The standard InChI is InChI=1S/C30H31F4NO6S/c1-40-24-15-23(16-25(17-24)42(2,38)39)35-28(26-10-9-22(31)14-27(26)41-12-11-36)29(37)19-4-3-18-7-8-21(30(32,33)34)13-20(18)6-5-19/h7-10,13-17,19,28,35-36H,3-6,11-12H2,1-2H3. The number of alkyl halides is 3. The minimum atomic E-state index is -4.49. The number of anilines is 1. The quantitative estimate of drug-likeness (QED) is 0.230. The average molecular weight is 610 g/mol. The van der Waals surface area contributed by atoms with E-state index < -0.39 is 39.4 Å². The Morgan fingerprint density at radius 3 is 2.40 bits per heavy atom. The average Bonchev–Trinajstić information content (AvgIpc) is 3.16. The Kier molecular flexibility index (Phi) is 9.47. The van der Waals surface area contributed by atoms with Crippen molar-refractivity contribution in [3.8, 4) is 11.5 Å².